The van der Waals surface area contributed by atoms with Crippen molar-refractivity contribution in [2.75, 3.05) is 20.3 Å². The number of hydrogen-bond acceptors (Lipinski definition) is 5. The zero-order valence-electron chi connectivity index (χ0n) is 32.8. The lowest BCUT2D eigenvalue weighted by molar-refractivity contribution is -0.126. The number of ether oxygens (including phenoxy) is 1. The molecule has 2 aromatic carbocycles. The average Bonchev–Trinajstić information content (AvgIpc) is 3.59. The Morgan fingerprint density at radius 1 is 0.939 bits per heavy atom. The molecule has 6 heteroatoms. The van der Waals surface area contributed by atoms with Gasteiger partial charge in [-0.2, -0.15) is 0 Å². The van der Waals surface area contributed by atoms with Crippen LogP contribution in [-0.4, -0.2) is 38.6 Å². The van der Waals surface area contributed by atoms with Crippen molar-refractivity contribution < 1.29 is 19.1 Å². The topological polar surface area (TPSA) is 86.5 Å². The molecule has 0 bridgehead atoms. The third-order valence-corrected chi connectivity index (χ3v) is 8.03. The summed E-state index contributed by atoms with van der Waals surface area (Å²) in [5.74, 6) is 6.55. The van der Waals surface area contributed by atoms with Crippen molar-refractivity contribution in [2.45, 2.75) is 127 Å². The zero-order valence-corrected chi connectivity index (χ0v) is 33.5. The number of ketones is 2. The monoisotopic (exact) mass is 695 g/mol. The maximum Gasteiger partial charge on any atom is 0.162 e. The Balaban J connectivity index is -0.000000700. The predicted molar refractivity (Wildman–Crippen MR) is 213 cm³/mol. The fraction of sp³-hybridized carbons (Fsp3) is 0.512. The Labute approximate surface area is 305 Å². The molecule has 1 aliphatic carbocycles. The van der Waals surface area contributed by atoms with Crippen LogP contribution in [0.25, 0.3) is 5.57 Å². The number of aryl methyl sites for hydroxylation is 3. The predicted octanol–water partition coefficient (Wildman–Crippen LogP) is 10.8. The molecule has 2 N–H and O–H groups in total. The van der Waals surface area contributed by atoms with Gasteiger partial charge in [0.15, 0.2) is 5.78 Å². The summed E-state index contributed by atoms with van der Waals surface area (Å²) in [5, 5.41) is 0.741. The molecule has 0 atom stereocenters. The van der Waals surface area contributed by atoms with Crippen LogP contribution in [0.3, 0.4) is 0 Å². The Morgan fingerprint density at radius 3 is 2.04 bits per heavy atom. The largest absolute Gasteiger partial charge is 0.381 e. The van der Waals surface area contributed by atoms with Crippen molar-refractivity contribution in [3.8, 4) is 11.8 Å². The number of carbonyl (C=O) groups excluding carboxylic acids is 3. The van der Waals surface area contributed by atoms with Gasteiger partial charge in [0.05, 0.1) is 5.41 Å². The highest BCUT2D eigenvalue weighted by molar-refractivity contribution is 6.33. The number of benzene rings is 2. The van der Waals surface area contributed by atoms with Gasteiger partial charge in [-0.15, -0.1) is 5.92 Å². The van der Waals surface area contributed by atoms with Crippen LogP contribution in [0.4, 0.5) is 0 Å². The van der Waals surface area contributed by atoms with Gasteiger partial charge in [-0.3, -0.25) is 9.59 Å². The Kier molecular flexibility index (Phi) is 31.4. The first-order valence-electron chi connectivity index (χ1n) is 17.9. The van der Waals surface area contributed by atoms with Crippen LogP contribution in [0, 0.1) is 25.7 Å². The molecule has 0 unspecified atom stereocenters. The van der Waals surface area contributed by atoms with E-state index >= 15 is 0 Å². The molecule has 0 radical (unpaired) electrons. The van der Waals surface area contributed by atoms with E-state index < -0.39 is 0 Å². The Hall–Kier alpha value is -3.30. The molecule has 274 valence electrons. The molecule has 1 heterocycles. The van der Waals surface area contributed by atoms with Gasteiger partial charge in [-0.25, -0.2) is 0 Å². The summed E-state index contributed by atoms with van der Waals surface area (Å²) >= 11 is 6.37. The molecule has 4 rings (SSSR count). The summed E-state index contributed by atoms with van der Waals surface area (Å²) in [6, 6.07) is 12.4. The molecule has 1 fully saturated rings. The fourth-order valence-corrected chi connectivity index (χ4v) is 5.94. The first-order valence-corrected chi connectivity index (χ1v) is 18.3. The van der Waals surface area contributed by atoms with Gasteiger partial charge in [-0.05, 0) is 81.8 Å². The standard InChI is InChI=1S/C20H21ClO.C15H20O2.3C2H6.CH5N.CH2O/c1-3-5-6-7-8-11-16(19(22)4-2)17-14-13-15-10-9-12-18(21)20(15)17;1-11-4-5-14(12(2)10-11)15(13(3)16)6-8-17-9-7-15;5*1-2/h8-12H,3-4,7,13-14H2,1-2H3;4-5,10H,6-9H2,1-3H3;3*1-2H3;2H2,1H3;1H2/b11-8+,17-16+;;;;;;. The van der Waals surface area contributed by atoms with Crippen molar-refractivity contribution in [2.24, 2.45) is 5.73 Å². The lowest BCUT2D eigenvalue weighted by atomic mass is 9.70. The third-order valence-electron chi connectivity index (χ3n) is 7.72. The van der Waals surface area contributed by atoms with Gasteiger partial charge >= 0.3 is 0 Å². The minimum Gasteiger partial charge on any atom is -0.381 e. The molecule has 0 aromatic heterocycles. The van der Waals surface area contributed by atoms with Gasteiger partial charge in [-0.1, -0.05) is 121 Å². The van der Waals surface area contributed by atoms with Crippen molar-refractivity contribution in [3.63, 3.8) is 0 Å². The first kappa shape index (κ1) is 50.1. The minimum atomic E-state index is -0.309. The van der Waals surface area contributed by atoms with Crippen molar-refractivity contribution >= 4 is 35.5 Å². The highest BCUT2D eigenvalue weighted by Gasteiger charge is 2.39. The van der Waals surface area contributed by atoms with Gasteiger partial charge < -0.3 is 15.3 Å². The summed E-state index contributed by atoms with van der Waals surface area (Å²) in [7, 11) is 1.50. The molecule has 0 spiro atoms. The van der Waals surface area contributed by atoms with Gasteiger partial charge in [0, 0.05) is 48.6 Å². The second-order valence-electron chi connectivity index (χ2n) is 10.3. The fourth-order valence-electron chi connectivity index (χ4n) is 5.64. The highest BCUT2D eigenvalue weighted by atomic mass is 35.5. The molecule has 1 aliphatic heterocycles. The first-order chi connectivity index (χ1) is 23.7. The van der Waals surface area contributed by atoms with Crippen LogP contribution in [0.15, 0.2) is 54.1 Å². The normalized spacial score (nSPS) is 14.1. The molecule has 2 aromatic rings. The molecule has 2 aliphatic rings. The smallest absolute Gasteiger partial charge is 0.162 e. The highest BCUT2D eigenvalue weighted by Crippen LogP contribution is 2.40. The number of allylic oxidation sites excluding steroid dienone is 4. The van der Waals surface area contributed by atoms with E-state index in [1.807, 2.05) is 86.5 Å². The van der Waals surface area contributed by atoms with Gasteiger partial charge in [0.25, 0.3) is 0 Å². The van der Waals surface area contributed by atoms with Crippen LogP contribution in [0.2, 0.25) is 5.02 Å². The Bertz CT molecular complexity index is 1340. The maximum atomic E-state index is 12.4. The molecule has 1 saturated heterocycles. The lowest BCUT2D eigenvalue weighted by Crippen LogP contribution is -2.40. The van der Waals surface area contributed by atoms with Crippen LogP contribution >= 0.6 is 11.6 Å². The third kappa shape index (κ3) is 15.9. The second kappa shape index (κ2) is 30.7. The van der Waals surface area contributed by atoms with E-state index in [0.717, 1.165) is 53.8 Å². The number of carbonyl (C=O) groups is 3. The number of Topliss-reactive ketones (excluding diaryl/α,β-unsaturated/α-hetero) is 2. The zero-order chi connectivity index (χ0) is 38.4. The van der Waals surface area contributed by atoms with Crippen molar-refractivity contribution in [1.82, 2.24) is 0 Å². The number of nitrogens with two attached hydrogens (primary N) is 1. The summed E-state index contributed by atoms with van der Waals surface area (Å²) in [5.41, 5.74) is 12.0. The quantitative estimate of drug-likeness (QED) is 0.240. The number of rotatable bonds is 6. The molecule has 5 nitrogen and oxygen atoms in total. The van der Waals surface area contributed by atoms with E-state index in [-0.39, 0.29) is 17.0 Å². The van der Waals surface area contributed by atoms with Crippen LogP contribution < -0.4 is 5.73 Å². The van der Waals surface area contributed by atoms with Crippen molar-refractivity contribution in [3.05, 3.63) is 87.0 Å². The molecule has 0 saturated carbocycles. The van der Waals surface area contributed by atoms with E-state index in [0.29, 0.717) is 26.1 Å². The van der Waals surface area contributed by atoms with E-state index in [1.54, 1.807) is 6.92 Å². The van der Waals surface area contributed by atoms with Crippen molar-refractivity contribution in [1.29, 1.82) is 0 Å². The summed E-state index contributed by atoms with van der Waals surface area (Å²) < 4.78 is 5.41. The molecule has 0 amide bonds. The van der Waals surface area contributed by atoms with Gasteiger partial charge in [0.1, 0.15) is 12.6 Å². The second-order valence-corrected chi connectivity index (χ2v) is 10.7. The Morgan fingerprint density at radius 2 is 1.53 bits per heavy atom. The van der Waals surface area contributed by atoms with Crippen LogP contribution in [-0.2, 0) is 31.0 Å². The van der Waals surface area contributed by atoms with E-state index in [2.05, 4.69) is 55.7 Å². The van der Waals surface area contributed by atoms with Crippen LogP contribution in [0.5, 0.6) is 0 Å². The minimum absolute atomic E-state index is 0.169. The molecular formula is C43H66ClNO4. The van der Waals surface area contributed by atoms with E-state index in [9.17, 15) is 9.59 Å². The number of halogens is 1. The average molecular weight is 696 g/mol. The lowest BCUT2D eigenvalue weighted by Gasteiger charge is -2.36. The SMILES string of the molecule is C=O.CC.CC.CC.CC(=O)C1(c2ccc(C)cc2C)CCOCC1.CCC#CC/C=C/C(C(=O)CC)=C1/CCc2cccc(Cl)c21.CN. The maximum absolute atomic E-state index is 12.4. The molecule has 49 heavy (non-hydrogen) atoms. The summed E-state index contributed by atoms with van der Waals surface area (Å²) in [6.07, 6.45) is 9.41. The van der Waals surface area contributed by atoms with E-state index in [4.69, 9.17) is 21.1 Å². The van der Waals surface area contributed by atoms with E-state index in [1.165, 1.54) is 29.3 Å². The molecular weight excluding hydrogens is 630 g/mol. The van der Waals surface area contributed by atoms with Gasteiger partial charge in [0.2, 0.25) is 0 Å². The number of hydrogen-bond donors (Lipinski definition) is 1. The summed E-state index contributed by atoms with van der Waals surface area (Å²) in [4.78, 5) is 32.5. The summed E-state index contributed by atoms with van der Waals surface area (Å²) in [6.45, 7) is 25.2. The van der Waals surface area contributed by atoms with Crippen LogP contribution in [0.1, 0.15) is 129 Å². The number of fused-ring (bicyclic) bond motifs is 1.